The third-order valence-corrected chi connectivity index (χ3v) is 2.94. The summed E-state index contributed by atoms with van der Waals surface area (Å²) in [6.07, 6.45) is 5.02. The fourth-order valence-corrected chi connectivity index (χ4v) is 2.10. The zero-order valence-corrected chi connectivity index (χ0v) is 9.45. The molecule has 1 aliphatic heterocycles. The molecule has 1 N–H and O–H groups in total. The fraction of sp³-hybridized carbons (Fsp3) is 0.909. The molecule has 0 radical (unpaired) electrons. The SMILES string of the molecule is COCCCCN1CCCCC1C(=O)O. The third-order valence-electron chi connectivity index (χ3n) is 2.94. The van der Waals surface area contributed by atoms with E-state index in [1.165, 1.54) is 0 Å². The molecule has 0 bridgehead atoms. The Labute approximate surface area is 91.2 Å². The topological polar surface area (TPSA) is 49.8 Å². The second-order valence-electron chi connectivity index (χ2n) is 4.09. The molecule has 0 aromatic carbocycles. The molecule has 1 aliphatic rings. The summed E-state index contributed by atoms with van der Waals surface area (Å²) in [6.45, 7) is 2.59. The van der Waals surface area contributed by atoms with Crippen LogP contribution in [0.25, 0.3) is 0 Å². The van der Waals surface area contributed by atoms with E-state index in [4.69, 9.17) is 9.84 Å². The number of aliphatic carboxylic acids is 1. The summed E-state index contributed by atoms with van der Waals surface area (Å²) in [5.41, 5.74) is 0. The van der Waals surface area contributed by atoms with Gasteiger partial charge in [0.05, 0.1) is 0 Å². The molecule has 88 valence electrons. The molecular weight excluding hydrogens is 194 g/mol. The molecule has 1 saturated heterocycles. The van der Waals surface area contributed by atoms with Crippen molar-refractivity contribution in [3.05, 3.63) is 0 Å². The van der Waals surface area contributed by atoms with Crippen LogP contribution in [0, 0.1) is 0 Å². The first kappa shape index (κ1) is 12.5. The molecule has 1 atom stereocenters. The molecule has 0 aromatic heterocycles. The standard InChI is InChI=1S/C11H21NO3/c1-15-9-5-4-8-12-7-3-2-6-10(12)11(13)14/h10H,2-9H2,1H3,(H,13,14). The van der Waals surface area contributed by atoms with Gasteiger partial charge in [0.2, 0.25) is 0 Å². The Morgan fingerprint density at radius 3 is 2.93 bits per heavy atom. The summed E-state index contributed by atoms with van der Waals surface area (Å²) < 4.78 is 4.97. The largest absolute Gasteiger partial charge is 0.480 e. The van der Waals surface area contributed by atoms with Crippen LogP contribution in [0.4, 0.5) is 0 Å². The number of carboxylic acids is 1. The molecule has 0 saturated carbocycles. The van der Waals surface area contributed by atoms with E-state index in [9.17, 15) is 4.79 Å². The molecule has 1 rings (SSSR count). The van der Waals surface area contributed by atoms with E-state index in [2.05, 4.69) is 4.90 Å². The molecule has 0 aliphatic carbocycles. The van der Waals surface area contributed by atoms with Gasteiger partial charge < -0.3 is 9.84 Å². The van der Waals surface area contributed by atoms with E-state index in [0.29, 0.717) is 0 Å². The van der Waals surface area contributed by atoms with Crippen molar-refractivity contribution >= 4 is 5.97 Å². The lowest BCUT2D eigenvalue weighted by Gasteiger charge is -2.32. The number of rotatable bonds is 6. The van der Waals surface area contributed by atoms with E-state index in [-0.39, 0.29) is 6.04 Å². The van der Waals surface area contributed by atoms with E-state index in [1.807, 2.05) is 0 Å². The van der Waals surface area contributed by atoms with E-state index >= 15 is 0 Å². The maximum atomic E-state index is 11.0. The summed E-state index contributed by atoms with van der Waals surface area (Å²) in [5.74, 6) is -0.665. The van der Waals surface area contributed by atoms with Gasteiger partial charge in [0.15, 0.2) is 0 Å². The van der Waals surface area contributed by atoms with Crippen LogP contribution in [0.2, 0.25) is 0 Å². The van der Waals surface area contributed by atoms with E-state index in [1.54, 1.807) is 7.11 Å². The summed E-state index contributed by atoms with van der Waals surface area (Å²) in [6, 6.07) is -0.249. The zero-order chi connectivity index (χ0) is 11.1. The van der Waals surface area contributed by atoms with Gasteiger partial charge in [-0.3, -0.25) is 9.69 Å². The highest BCUT2D eigenvalue weighted by atomic mass is 16.5. The molecule has 1 fully saturated rings. The lowest BCUT2D eigenvalue weighted by Crippen LogP contribution is -2.45. The predicted molar refractivity (Wildman–Crippen MR) is 58.0 cm³/mol. The average Bonchev–Trinajstić information content (AvgIpc) is 2.25. The van der Waals surface area contributed by atoms with Gasteiger partial charge in [-0.25, -0.2) is 0 Å². The molecule has 0 aromatic rings. The Bertz CT molecular complexity index is 196. The van der Waals surface area contributed by atoms with Crippen LogP contribution in [0.15, 0.2) is 0 Å². The fourth-order valence-electron chi connectivity index (χ4n) is 2.10. The number of unbranched alkanes of at least 4 members (excludes halogenated alkanes) is 1. The molecular formula is C11H21NO3. The van der Waals surface area contributed by atoms with Crippen LogP contribution in [-0.2, 0) is 9.53 Å². The number of piperidine rings is 1. The van der Waals surface area contributed by atoms with Crippen molar-refractivity contribution in [2.75, 3.05) is 26.8 Å². The smallest absolute Gasteiger partial charge is 0.320 e. The van der Waals surface area contributed by atoms with Gasteiger partial charge in [0.1, 0.15) is 6.04 Å². The maximum absolute atomic E-state index is 11.0. The quantitative estimate of drug-likeness (QED) is 0.679. The van der Waals surface area contributed by atoms with Gasteiger partial charge >= 0.3 is 5.97 Å². The van der Waals surface area contributed by atoms with Crippen LogP contribution in [0.5, 0.6) is 0 Å². The average molecular weight is 215 g/mol. The highest BCUT2D eigenvalue weighted by Gasteiger charge is 2.27. The maximum Gasteiger partial charge on any atom is 0.320 e. The number of hydrogen-bond acceptors (Lipinski definition) is 3. The van der Waals surface area contributed by atoms with Crippen LogP contribution in [0.1, 0.15) is 32.1 Å². The van der Waals surface area contributed by atoms with Crippen LogP contribution >= 0.6 is 0 Å². The van der Waals surface area contributed by atoms with Gasteiger partial charge in [-0.1, -0.05) is 6.42 Å². The Kier molecular flexibility index (Phi) is 5.65. The van der Waals surface area contributed by atoms with Crippen molar-refractivity contribution in [3.63, 3.8) is 0 Å². The highest BCUT2D eigenvalue weighted by molar-refractivity contribution is 5.73. The summed E-state index contributed by atoms with van der Waals surface area (Å²) >= 11 is 0. The molecule has 1 heterocycles. The first-order chi connectivity index (χ1) is 7.25. The zero-order valence-electron chi connectivity index (χ0n) is 9.45. The molecule has 1 unspecified atom stereocenters. The third kappa shape index (κ3) is 4.18. The Morgan fingerprint density at radius 1 is 1.47 bits per heavy atom. The van der Waals surface area contributed by atoms with Crippen molar-refractivity contribution in [1.82, 2.24) is 4.90 Å². The lowest BCUT2D eigenvalue weighted by atomic mass is 10.0. The number of likely N-dealkylation sites (tertiary alicyclic amines) is 1. The Balaban J connectivity index is 2.26. The molecule has 15 heavy (non-hydrogen) atoms. The predicted octanol–water partition coefficient (Wildman–Crippen LogP) is 1.35. The monoisotopic (exact) mass is 215 g/mol. The molecule has 4 heteroatoms. The van der Waals surface area contributed by atoms with Gasteiger partial charge in [-0.05, 0) is 38.8 Å². The minimum Gasteiger partial charge on any atom is -0.480 e. The Hall–Kier alpha value is -0.610. The second kappa shape index (κ2) is 6.80. The van der Waals surface area contributed by atoms with Crippen molar-refractivity contribution in [2.45, 2.75) is 38.1 Å². The number of nitrogens with zero attached hydrogens (tertiary/aromatic N) is 1. The molecule has 0 spiro atoms. The summed E-state index contributed by atoms with van der Waals surface area (Å²) in [4.78, 5) is 13.1. The van der Waals surface area contributed by atoms with Crippen molar-refractivity contribution in [1.29, 1.82) is 0 Å². The van der Waals surface area contributed by atoms with Crippen LogP contribution < -0.4 is 0 Å². The lowest BCUT2D eigenvalue weighted by molar-refractivity contribution is -0.144. The first-order valence-electron chi connectivity index (χ1n) is 5.71. The van der Waals surface area contributed by atoms with E-state index < -0.39 is 5.97 Å². The van der Waals surface area contributed by atoms with Gasteiger partial charge in [-0.2, -0.15) is 0 Å². The Morgan fingerprint density at radius 2 is 2.27 bits per heavy atom. The molecule has 0 amide bonds. The minimum absolute atomic E-state index is 0.249. The minimum atomic E-state index is -0.665. The highest BCUT2D eigenvalue weighted by Crippen LogP contribution is 2.17. The summed E-state index contributed by atoms with van der Waals surface area (Å²) in [7, 11) is 1.70. The number of methoxy groups -OCH3 is 1. The number of carboxylic acid groups (broad SMARTS) is 1. The van der Waals surface area contributed by atoms with Crippen LogP contribution in [0.3, 0.4) is 0 Å². The normalized spacial score (nSPS) is 22.9. The van der Waals surface area contributed by atoms with Crippen molar-refractivity contribution in [3.8, 4) is 0 Å². The van der Waals surface area contributed by atoms with Crippen molar-refractivity contribution in [2.24, 2.45) is 0 Å². The second-order valence-corrected chi connectivity index (χ2v) is 4.09. The number of hydrogen-bond donors (Lipinski definition) is 1. The number of ether oxygens (including phenoxy) is 1. The van der Waals surface area contributed by atoms with Crippen LogP contribution in [-0.4, -0.2) is 48.8 Å². The number of carbonyl (C=O) groups is 1. The van der Waals surface area contributed by atoms with Gasteiger partial charge in [-0.15, -0.1) is 0 Å². The van der Waals surface area contributed by atoms with E-state index in [0.717, 1.165) is 51.8 Å². The first-order valence-corrected chi connectivity index (χ1v) is 5.71. The molecule has 4 nitrogen and oxygen atoms in total. The van der Waals surface area contributed by atoms with Gasteiger partial charge in [0, 0.05) is 13.7 Å². The van der Waals surface area contributed by atoms with Gasteiger partial charge in [0.25, 0.3) is 0 Å². The summed E-state index contributed by atoms with van der Waals surface area (Å²) in [5, 5.41) is 9.05. The van der Waals surface area contributed by atoms with Crippen molar-refractivity contribution < 1.29 is 14.6 Å².